The Bertz CT molecular complexity index is 667. The van der Waals surface area contributed by atoms with Crippen molar-refractivity contribution in [3.05, 3.63) is 27.6 Å². The lowest BCUT2D eigenvalue weighted by atomic mass is 10.1. The second kappa shape index (κ2) is 5.22. The summed E-state index contributed by atoms with van der Waals surface area (Å²) in [6.07, 6.45) is 0. The third-order valence-electron chi connectivity index (χ3n) is 4.21. The molecule has 110 valence electrons. The van der Waals surface area contributed by atoms with Crippen LogP contribution in [0.15, 0.2) is 22.7 Å². The summed E-state index contributed by atoms with van der Waals surface area (Å²) in [6.45, 7) is 5.37. The van der Waals surface area contributed by atoms with Crippen LogP contribution >= 0.6 is 22.6 Å². The van der Waals surface area contributed by atoms with Crippen LogP contribution in [0.25, 0.3) is 11.5 Å². The summed E-state index contributed by atoms with van der Waals surface area (Å²) in [6, 6.07) is 5.61. The highest BCUT2D eigenvalue weighted by Crippen LogP contribution is 2.30. The average Bonchev–Trinajstić information content (AvgIpc) is 3.01. The lowest BCUT2D eigenvalue weighted by Gasteiger charge is -2.46. The van der Waals surface area contributed by atoms with Gasteiger partial charge in [0.1, 0.15) is 5.75 Å². The second-order valence-electron chi connectivity index (χ2n) is 5.48. The fraction of sp³-hybridized carbons (Fsp3) is 0.429. The molecule has 1 aromatic heterocycles. The average molecular weight is 398 g/mol. The number of fused-ring (bicyclic) bond motifs is 3. The van der Waals surface area contributed by atoms with Gasteiger partial charge in [-0.1, -0.05) is 5.16 Å². The Labute approximate surface area is 135 Å². The summed E-state index contributed by atoms with van der Waals surface area (Å²) in [5, 5.41) is 13.9. The molecule has 3 aliphatic rings. The molecule has 3 saturated heterocycles. The van der Waals surface area contributed by atoms with Gasteiger partial charge in [-0.05, 0) is 40.8 Å². The fourth-order valence-corrected chi connectivity index (χ4v) is 3.33. The Balaban J connectivity index is 1.62. The first-order valence-electron chi connectivity index (χ1n) is 6.99. The number of hydrogen-bond donors (Lipinski definition) is 1. The van der Waals surface area contributed by atoms with E-state index in [2.05, 4.69) is 42.5 Å². The Morgan fingerprint density at radius 1 is 1.24 bits per heavy atom. The van der Waals surface area contributed by atoms with Gasteiger partial charge >= 0.3 is 0 Å². The number of piperazine rings is 3. The smallest absolute Gasteiger partial charge is 0.258 e. The zero-order valence-corrected chi connectivity index (χ0v) is 13.5. The maximum atomic E-state index is 9.79. The van der Waals surface area contributed by atoms with E-state index in [9.17, 15) is 5.11 Å². The first-order valence-corrected chi connectivity index (χ1v) is 8.07. The number of phenols is 1. The van der Waals surface area contributed by atoms with Crippen LogP contribution in [0.2, 0.25) is 0 Å². The van der Waals surface area contributed by atoms with Crippen molar-refractivity contribution >= 4 is 22.6 Å². The van der Waals surface area contributed by atoms with Gasteiger partial charge in [-0.3, -0.25) is 9.80 Å². The molecule has 0 saturated carbocycles. The fourth-order valence-electron chi connectivity index (χ4n) is 3.00. The van der Waals surface area contributed by atoms with Crippen molar-refractivity contribution < 1.29 is 9.63 Å². The quantitative estimate of drug-likeness (QED) is 0.778. The predicted molar refractivity (Wildman–Crippen MR) is 84.9 cm³/mol. The van der Waals surface area contributed by atoms with E-state index in [1.165, 1.54) is 0 Å². The van der Waals surface area contributed by atoms with Crippen molar-refractivity contribution in [1.29, 1.82) is 0 Å². The minimum Gasteiger partial charge on any atom is -0.507 e. The number of hydrogen-bond acceptors (Lipinski definition) is 6. The minimum absolute atomic E-state index is 0.224. The number of halogens is 1. The Kier molecular flexibility index (Phi) is 3.35. The van der Waals surface area contributed by atoms with Gasteiger partial charge in [0.05, 0.1) is 9.61 Å². The van der Waals surface area contributed by atoms with E-state index in [0.29, 0.717) is 5.89 Å². The minimum atomic E-state index is 0.224. The van der Waals surface area contributed by atoms with Gasteiger partial charge in [-0.15, -0.1) is 0 Å². The van der Waals surface area contributed by atoms with Crippen LogP contribution in [-0.4, -0.2) is 57.8 Å². The highest BCUT2D eigenvalue weighted by molar-refractivity contribution is 14.1. The number of rotatable bonds is 2. The van der Waals surface area contributed by atoms with E-state index in [4.69, 9.17) is 4.52 Å². The van der Waals surface area contributed by atoms with Crippen LogP contribution in [0.3, 0.4) is 0 Å². The first kappa shape index (κ1) is 13.5. The molecule has 1 unspecified atom stereocenters. The van der Waals surface area contributed by atoms with E-state index in [-0.39, 0.29) is 11.8 Å². The summed E-state index contributed by atoms with van der Waals surface area (Å²) in [4.78, 5) is 9.39. The summed E-state index contributed by atoms with van der Waals surface area (Å²) in [7, 11) is 0. The van der Waals surface area contributed by atoms with Gasteiger partial charge in [0.2, 0.25) is 0 Å². The highest BCUT2D eigenvalue weighted by atomic mass is 127. The van der Waals surface area contributed by atoms with Crippen LogP contribution in [0.5, 0.6) is 5.75 Å². The van der Waals surface area contributed by atoms with Crippen molar-refractivity contribution in [3.8, 4) is 17.2 Å². The Morgan fingerprint density at radius 3 is 2.71 bits per heavy atom. The maximum Gasteiger partial charge on any atom is 0.258 e. The van der Waals surface area contributed by atoms with Crippen LogP contribution in [0, 0.1) is 3.57 Å². The van der Waals surface area contributed by atoms with Gasteiger partial charge in [-0.2, -0.15) is 4.98 Å². The molecule has 3 fully saturated rings. The van der Waals surface area contributed by atoms with Crippen LogP contribution in [-0.2, 0) is 0 Å². The standard InChI is InChI=1S/C14H15IN4O2/c15-10-2-1-9(7-12(10)20)14-16-13(17-21-14)11-8-18-3-5-19(11)6-4-18/h1-2,7,11,20H,3-6,8H2. The first-order chi connectivity index (χ1) is 10.2. The van der Waals surface area contributed by atoms with Crippen LogP contribution in [0.4, 0.5) is 0 Å². The van der Waals surface area contributed by atoms with E-state index in [1.807, 2.05) is 12.1 Å². The topological polar surface area (TPSA) is 65.6 Å². The molecule has 1 aromatic carbocycles. The Hall–Kier alpha value is -1.19. The van der Waals surface area contributed by atoms with E-state index >= 15 is 0 Å². The monoisotopic (exact) mass is 398 g/mol. The molecule has 21 heavy (non-hydrogen) atoms. The molecular formula is C14H15IN4O2. The predicted octanol–water partition coefficient (Wildman–Crippen LogP) is 1.72. The molecule has 0 spiro atoms. The number of aromatic nitrogens is 2. The molecule has 3 aliphatic heterocycles. The number of benzene rings is 1. The lowest BCUT2D eigenvalue weighted by Crippen LogP contribution is -2.57. The third kappa shape index (κ3) is 2.43. The summed E-state index contributed by atoms with van der Waals surface area (Å²) >= 11 is 2.08. The molecule has 0 amide bonds. The molecule has 1 N–H and O–H groups in total. The Morgan fingerprint density at radius 2 is 2.05 bits per heavy atom. The number of nitrogens with zero attached hydrogens (tertiary/aromatic N) is 4. The molecular weight excluding hydrogens is 383 g/mol. The summed E-state index contributed by atoms with van der Waals surface area (Å²) in [5.74, 6) is 1.45. The van der Waals surface area contributed by atoms with Crippen molar-refractivity contribution in [2.45, 2.75) is 6.04 Å². The molecule has 6 nitrogen and oxygen atoms in total. The second-order valence-corrected chi connectivity index (χ2v) is 6.64. The molecule has 7 heteroatoms. The van der Waals surface area contributed by atoms with Gasteiger partial charge in [0.15, 0.2) is 5.82 Å². The summed E-state index contributed by atoms with van der Waals surface area (Å²) in [5.41, 5.74) is 0.753. The molecule has 1 atom stereocenters. The van der Waals surface area contributed by atoms with Gasteiger partial charge in [-0.25, -0.2) is 0 Å². The third-order valence-corrected chi connectivity index (χ3v) is 5.12. The van der Waals surface area contributed by atoms with Crippen molar-refractivity contribution in [1.82, 2.24) is 19.9 Å². The van der Waals surface area contributed by atoms with Gasteiger partial charge in [0.25, 0.3) is 5.89 Å². The maximum absolute atomic E-state index is 9.79. The largest absolute Gasteiger partial charge is 0.507 e. The zero-order valence-electron chi connectivity index (χ0n) is 11.4. The number of aromatic hydroxyl groups is 1. The van der Waals surface area contributed by atoms with Gasteiger partial charge in [0, 0.05) is 38.3 Å². The lowest BCUT2D eigenvalue weighted by molar-refractivity contribution is 0.00781. The van der Waals surface area contributed by atoms with Crippen molar-refractivity contribution in [2.75, 3.05) is 32.7 Å². The van der Waals surface area contributed by atoms with E-state index < -0.39 is 0 Å². The van der Waals surface area contributed by atoms with Gasteiger partial charge < -0.3 is 9.63 Å². The molecule has 5 rings (SSSR count). The van der Waals surface area contributed by atoms with E-state index in [0.717, 1.165) is 47.7 Å². The zero-order chi connectivity index (χ0) is 14.4. The van der Waals surface area contributed by atoms with Crippen LogP contribution < -0.4 is 0 Å². The molecule has 0 aliphatic carbocycles. The normalized spacial score (nSPS) is 28.0. The SMILES string of the molecule is Oc1cc(-c2nc(C3CN4CCN3CC4)no2)ccc1I. The number of phenolic OH excluding ortho intramolecular Hbond substituents is 1. The van der Waals surface area contributed by atoms with Crippen molar-refractivity contribution in [3.63, 3.8) is 0 Å². The molecule has 0 radical (unpaired) electrons. The molecule has 2 aromatic rings. The summed E-state index contributed by atoms with van der Waals surface area (Å²) < 4.78 is 6.19. The van der Waals surface area contributed by atoms with Crippen LogP contribution in [0.1, 0.15) is 11.9 Å². The highest BCUT2D eigenvalue weighted by Gasteiger charge is 2.35. The molecule has 4 heterocycles. The van der Waals surface area contributed by atoms with E-state index in [1.54, 1.807) is 6.07 Å². The molecule has 2 bridgehead atoms. The van der Waals surface area contributed by atoms with Crippen molar-refractivity contribution in [2.24, 2.45) is 0 Å².